The van der Waals surface area contributed by atoms with Crippen molar-refractivity contribution in [1.29, 1.82) is 0 Å². The van der Waals surface area contributed by atoms with Gasteiger partial charge in [-0.3, -0.25) is 0 Å². The molecule has 0 rings (SSSR count). The van der Waals surface area contributed by atoms with Crippen molar-refractivity contribution in [2.75, 3.05) is 0 Å². The van der Waals surface area contributed by atoms with Gasteiger partial charge in [-0.1, -0.05) is 0 Å². The van der Waals surface area contributed by atoms with Crippen molar-refractivity contribution in [3.05, 3.63) is 16.0 Å². The van der Waals surface area contributed by atoms with Crippen LogP contribution in [0.2, 0.25) is 0 Å². The number of hydrogen-bond donors (Lipinski definition) is 0. The number of Topliss-reactive ketones (excluding diaryl/α,β-unsaturated/α-hetero) is 1. The van der Waals surface area contributed by atoms with Crippen LogP contribution < -0.4 is 0 Å². The molecule has 0 aromatic heterocycles. The van der Waals surface area contributed by atoms with Gasteiger partial charge in [0, 0.05) is 12.0 Å². The van der Waals surface area contributed by atoms with E-state index in [9.17, 15) is 4.79 Å². The number of ketones is 1. The molecule has 11 heavy (non-hydrogen) atoms. The van der Waals surface area contributed by atoms with Gasteiger partial charge in [-0.15, -0.1) is 0 Å². The van der Waals surface area contributed by atoms with Crippen LogP contribution in [0.25, 0.3) is 16.0 Å². The molecule has 0 atom stereocenters. The highest BCUT2D eigenvalue weighted by Crippen LogP contribution is 1.92. The van der Waals surface area contributed by atoms with Crippen LogP contribution in [0, 0.1) is 0 Å². The fraction of sp³-hybridized carbons (Fsp3) is 0.600. The van der Waals surface area contributed by atoms with E-state index >= 15 is 0 Å². The molecule has 0 aliphatic heterocycles. The van der Waals surface area contributed by atoms with Gasteiger partial charge in [-0.25, -0.2) is 0 Å². The van der Waals surface area contributed by atoms with E-state index in [1.54, 1.807) is 0 Å². The molecule has 0 saturated carbocycles. The predicted molar refractivity (Wildman–Crippen MR) is 37.7 cm³/mol. The smallest absolute Gasteiger partial charge is 0.467 e. The average Bonchev–Trinajstić information content (AvgIpc) is 1.97. The Balaban J connectivity index is 4.01. The highest BCUT2D eigenvalue weighted by Gasteiger charge is 2.14. The van der Waals surface area contributed by atoms with E-state index in [4.69, 9.17) is 11.1 Å². The molecule has 0 aromatic carbocycles. The van der Waals surface area contributed by atoms with E-state index < -0.39 is 0 Å². The largest absolute Gasteiger partial charge is 0.497 e. The molecular weight excluding hydrogens is 146 g/mol. The van der Waals surface area contributed by atoms with E-state index in [1.807, 2.05) is 0 Å². The zero-order chi connectivity index (χ0) is 8.69. The van der Waals surface area contributed by atoms with Crippen molar-refractivity contribution >= 4 is 11.6 Å². The van der Waals surface area contributed by atoms with Crippen LogP contribution in [0.3, 0.4) is 0 Å². The summed E-state index contributed by atoms with van der Waals surface area (Å²) in [6, 6.07) is 0. The normalized spacial score (nSPS) is 7.73. The molecule has 0 aromatic rings. The maximum Gasteiger partial charge on any atom is 0.467 e. The second-order valence-electron chi connectivity index (χ2n) is 1.91. The lowest BCUT2D eigenvalue weighted by Crippen LogP contribution is -1.98. The highest BCUT2D eigenvalue weighted by molar-refractivity contribution is 5.84. The van der Waals surface area contributed by atoms with Crippen LogP contribution in [-0.4, -0.2) is 16.4 Å². The maximum absolute atomic E-state index is 10.4. The summed E-state index contributed by atoms with van der Waals surface area (Å²) in [7, 11) is 0. The second kappa shape index (κ2) is 5.17. The van der Waals surface area contributed by atoms with Crippen molar-refractivity contribution in [3.8, 4) is 0 Å². The van der Waals surface area contributed by atoms with E-state index in [0.29, 0.717) is 0 Å². The molecule has 0 aliphatic carbocycles. The zero-order valence-corrected chi connectivity index (χ0v) is 6.06. The highest BCUT2D eigenvalue weighted by atomic mass is 16.1. The first-order valence-corrected chi connectivity index (χ1v) is 2.96. The molecule has 0 bridgehead atoms. The summed E-state index contributed by atoms with van der Waals surface area (Å²) in [4.78, 5) is 15.5. The summed E-state index contributed by atoms with van der Waals surface area (Å²) in [5, 5.41) is 3.04. The van der Waals surface area contributed by atoms with Crippen molar-refractivity contribution in [1.82, 2.24) is 0 Å². The Kier molecular flexibility index (Phi) is 4.40. The van der Waals surface area contributed by atoms with Crippen LogP contribution in [-0.2, 0) is 4.79 Å². The van der Waals surface area contributed by atoms with Crippen molar-refractivity contribution in [2.24, 2.45) is 5.11 Å². The predicted octanol–water partition coefficient (Wildman–Crippen LogP) is 1.29. The molecule has 0 heterocycles. The molecule has 6 nitrogen and oxygen atoms in total. The number of nitrogens with zero attached hydrogens (tertiary/aromatic N) is 5. The van der Waals surface area contributed by atoms with Crippen LogP contribution in [0.15, 0.2) is 5.11 Å². The van der Waals surface area contributed by atoms with Crippen LogP contribution in [0.1, 0.15) is 19.8 Å². The molecule has 0 aliphatic rings. The maximum atomic E-state index is 10.4. The Morgan fingerprint density at radius 3 is 2.45 bits per heavy atom. The molecule has 0 spiro atoms. The van der Waals surface area contributed by atoms with Crippen LogP contribution in [0.5, 0.6) is 0 Å². The minimum absolute atomic E-state index is 0.0423. The number of carbonyl (C=O) groups is 1. The number of carbonyl (C=O) groups excluding carboxylic acids is 1. The van der Waals surface area contributed by atoms with Crippen molar-refractivity contribution in [3.63, 3.8) is 0 Å². The van der Waals surface area contributed by atoms with Gasteiger partial charge in [0.25, 0.3) is 0 Å². The van der Waals surface area contributed by atoms with E-state index in [2.05, 4.69) is 14.8 Å². The minimum Gasteiger partial charge on any atom is -0.497 e. The van der Waals surface area contributed by atoms with E-state index in [-0.39, 0.29) is 24.5 Å². The third-order valence-corrected chi connectivity index (χ3v) is 0.976. The van der Waals surface area contributed by atoms with Gasteiger partial charge in [-0.2, -0.15) is 0 Å². The molecule has 58 valence electrons. The lowest BCUT2D eigenvalue weighted by atomic mass is 10.2. The second-order valence-corrected chi connectivity index (χ2v) is 1.91. The number of amidine groups is 1. The van der Waals surface area contributed by atoms with Gasteiger partial charge in [0.1, 0.15) is 5.78 Å². The van der Waals surface area contributed by atoms with Crippen LogP contribution >= 0.6 is 0 Å². The molecule has 0 radical (unpaired) electrons. The molecular formula is C5H7N5O. The Bertz CT molecular complexity index is 246. The Morgan fingerprint density at radius 1 is 1.45 bits per heavy atom. The minimum atomic E-state index is -0.0669. The Labute approximate surface area is 63.1 Å². The van der Waals surface area contributed by atoms with Crippen molar-refractivity contribution < 1.29 is 9.58 Å². The standard InChI is InChI=1S/C5H7N5O/c1-4(11)2-3-5(8-6)9-10-7/h2-3H2,1H3. The first-order valence-electron chi connectivity index (χ1n) is 2.96. The number of azide groups is 1. The Morgan fingerprint density at radius 2 is 2.09 bits per heavy atom. The van der Waals surface area contributed by atoms with Gasteiger partial charge >= 0.3 is 10.9 Å². The fourth-order valence-corrected chi connectivity index (χ4v) is 0.459. The SMILES string of the molecule is CC(=O)CCC(N=[N+]=[N-])=[N+]=[N-]. The van der Waals surface area contributed by atoms with E-state index in [0.717, 1.165) is 0 Å². The van der Waals surface area contributed by atoms with Gasteiger partial charge in [-0.05, 0) is 6.92 Å². The van der Waals surface area contributed by atoms with Crippen LogP contribution in [0.4, 0.5) is 0 Å². The molecule has 0 saturated heterocycles. The van der Waals surface area contributed by atoms with Crippen molar-refractivity contribution in [2.45, 2.75) is 19.8 Å². The number of hydrogen-bond acceptors (Lipinski definition) is 1. The van der Waals surface area contributed by atoms with Gasteiger partial charge in [0.15, 0.2) is 0 Å². The third kappa shape index (κ3) is 4.84. The Hall–Kier alpha value is -1.64. The molecule has 0 amide bonds. The van der Waals surface area contributed by atoms with E-state index in [1.165, 1.54) is 6.92 Å². The molecule has 0 fully saturated rings. The first kappa shape index (κ1) is 9.36. The lowest BCUT2D eigenvalue weighted by Gasteiger charge is -1.81. The fourth-order valence-electron chi connectivity index (χ4n) is 0.459. The summed E-state index contributed by atoms with van der Waals surface area (Å²) in [5.41, 5.74) is 16.1. The molecule has 0 N–H and O–H groups in total. The summed E-state index contributed by atoms with van der Waals surface area (Å²) < 4.78 is 0. The quantitative estimate of drug-likeness (QED) is 0.197. The monoisotopic (exact) mass is 153 g/mol. The molecule has 6 heteroatoms. The topological polar surface area (TPSA) is 102 Å². The first-order chi connectivity index (χ1) is 5.20. The summed E-state index contributed by atoms with van der Waals surface area (Å²) in [6.45, 7) is 1.41. The third-order valence-electron chi connectivity index (χ3n) is 0.976. The summed E-state index contributed by atoms with van der Waals surface area (Å²) in [5.74, 6) is -0.109. The number of rotatable bonds is 3. The van der Waals surface area contributed by atoms with Gasteiger partial charge < -0.3 is 15.1 Å². The van der Waals surface area contributed by atoms with Gasteiger partial charge in [0.2, 0.25) is 4.91 Å². The summed E-state index contributed by atoms with van der Waals surface area (Å²) >= 11 is 0. The lowest BCUT2D eigenvalue weighted by molar-refractivity contribution is -0.117. The van der Waals surface area contributed by atoms with Gasteiger partial charge in [0.05, 0.1) is 6.42 Å². The zero-order valence-electron chi connectivity index (χ0n) is 6.06. The average molecular weight is 153 g/mol. The molecule has 0 unspecified atom stereocenters. The summed E-state index contributed by atoms with van der Waals surface area (Å²) in [6.07, 6.45) is 0.397.